The zero-order valence-corrected chi connectivity index (χ0v) is 11.6. The van der Waals surface area contributed by atoms with Crippen LogP contribution in [0.5, 0.6) is 0 Å². The van der Waals surface area contributed by atoms with Gasteiger partial charge in [-0.25, -0.2) is 9.18 Å². The number of esters is 1. The predicted molar refractivity (Wildman–Crippen MR) is 66.4 cm³/mol. The number of aryl methyl sites for hydroxylation is 1. The molecule has 0 fully saturated rings. The van der Waals surface area contributed by atoms with Gasteiger partial charge in [0.2, 0.25) is 0 Å². The second-order valence-corrected chi connectivity index (χ2v) is 4.53. The second-order valence-electron chi connectivity index (χ2n) is 3.73. The fraction of sp³-hybridized carbons (Fsp3) is 0.417. The Morgan fingerprint density at radius 1 is 1.50 bits per heavy atom. The molecule has 100 valence electrons. The van der Waals surface area contributed by atoms with E-state index in [9.17, 15) is 19.4 Å². The van der Waals surface area contributed by atoms with Crippen LogP contribution in [-0.4, -0.2) is 28.9 Å². The molecule has 0 amide bonds. The molecule has 1 aromatic carbocycles. The molecule has 0 bridgehead atoms. The third-order valence-corrected chi connectivity index (χ3v) is 3.50. The average Bonchev–Trinajstić information content (AvgIpc) is 2.33. The van der Waals surface area contributed by atoms with Crippen LogP contribution < -0.4 is 0 Å². The summed E-state index contributed by atoms with van der Waals surface area (Å²) in [5.41, 5.74) is 0.525. The Balaban J connectivity index is 3.07. The number of carbonyl (C=O) groups excluding carboxylic acids is 1. The van der Waals surface area contributed by atoms with Crippen molar-refractivity contribution in [1.82, 2.24) is 0 Å². The van der Waals surface area contributed by atoms with Gasteiger partial charge >= 0.3 is 5.97 Å². The molecular formula is C12H14BrFO4. The van der Waals surface area contributed by atoms with Gasteiger partial charge in [-0.15, -0.1) is 0 Å². The number of ether oxygens (including phenoxy) is 1. The Hall–Kier alpha value is -0.980. The number of halogens is 2. The molecule has 0 heterocycles. The molecule has 18 heavy (non-hydrogen) atoms. The standard InChI is InChI=1S/C12H14BrFO4/c1-3-18-12(17)11(16)10(15)8-7(14)5-4-6(2)9(8)13/h4-5,10-11,15-16H,3H2,1-2H3. The highest BCUT2D eigenvalue weighted by Crippen LogP contribution is 2.31. The normalized spacial score (nSPS) is 14.1. The molecule has 4 nitrogen and oxygen atoms in total. The summed E-state index contributed by atoms with van der Waals surface area (Å²) >= 11 is 3.12. The number of rotatable bonds is 4. The fourth-order valence-electron chi connectivity index (χ4n) is 1.46. The highest BCUT2D eigenvalue weighted by molar-refractivity contribution is 9.10. The summed E-state index contributed by atoms with van der Waals surface area (Å²) in [4.78, 5) is 11.3. The topological polar surface area (TPSA) is 66.8 Å². The zero-order chi connectivity index (χ0) is 13.9. The molecule has 1 rings (SSSR count). The summed E-state index contributed by atoms with van der Waals surface area (Å²) in [7, 11) is 0. The Morgan fingerprint density at radius 3 is 2.67 bits per heavy atom. The third kappa shape index (κ3) is 3.07. The van der Waals surface area contributed by atoms with Gasteiger partial charge in [-0.2, -0.15) is 0 Å². The maximum Gasteiger partial charge on any atom is 0.338 e. The van der Waals surface area contributed by atoms with E-state index in [2.05, 4.69) is 20.7 Å². The van der Waals surface area contributed by atoms with E-state index in [1.165, 1.54) is 6.07 Å². The SMILES string of the molecule is CCOC(=O)C(O)C(O)c1c(F)ccc(C)c1Br. The summed E-state index contributed by atoms with van der Waals surface area (Å²) in [6, 6.07) is 2.68. The summed E-state index contributed by atoms with van der Waals surface area (Å²) < 4.78 is 18.5. The molecule has 0 aromatic heterocycles. The Labute approximate surface area is 113 Å². The second kappa shape index (κ2) is 6.26. The van der Waals surface area contributed by atoms with Crippen LogP contribution in [-0.2, 0) is 9.53 Å². The minimum atomic E-state index is -1.82. The first kappa shape index (κ1) is 15.1. The molecule has 0 radical (unpaired) electrons. The van der Waals surface area contributed by atoms with Crippen LogP contribution in [0.1, 0.15) is 24.2 Å². The fourth-order valence-corrected chi connectivity index (χ4v) is 2.02. The molecule has 0 aliphatic rings. The smallest absolute Gasteiger partial charge is 0.338 e. The lowest BCUT2D eigenvalue weighted by molar-refractivity contribution is -0.159. The molecule has 2 atom stereocenters. The van der Waals surface area contributed by atoms with Crippen molar-refractivity contribution < 1.29 is 24.1 Å². The molecule has 0 spiro atoms. The highest BCUT2D eigenvalue weighted by atomic mass is 79.9. The largest absolute Gasteiger partial charge is 0.464 e. The minimum absolute atomic E-state index is 0.0695. The lowest BCUT2D eigenvalue weighted by Gasteiger charge is -2.19. The molecule has 2 N–H and O–H groups in total. The summed E-state index contributed by atoms with van der Waals surface area (Å²) in [6.07, 6.45) is -3.50. The van der Waals surface area contributed by atoms with E-state index >= 15 is 0 Å². The van der Waals surface area contributed by atoms with Gasteiger partial charge in [0.15, 0.2) is 6.10 Å². The Morgan fingerprint density at radius 2 is 2.11 bits per heavy atom. The first-order valence-corrected chi connectivity index (χ1v) is 6.16. The molecular weight excluding hydrogens is 307 g/mol. The van der Waals surface area contributed by atoms with Crippen molar-refractivity contribution in [2.75, 3.05) is 6.61 Å². The molecule has 0 saturated heterocycles. The Bertz CT molecular complexity index is 450. The molecule has 0 aliphatic heterocycles. The molecule has 6 heteroatoms. The van der Waals surface area contributed by atoms with E-state index in [0.717, 1.165) is 6.07 Å². The summed E-state index contributed by atoms with van der Waals surface area (Å²) in [6.45, 7) is 3.34. The van der Waals surface area contributed by atoms with Gasteiger partial charge in [0.25, 0.3) is 0 Å². The zero-order valence-electron chi connectivity index (χ0n) is 9.98. The quantitative estimate of drug-likeness (QED) is 0.831. The van der Waals surface area contributed by atoms with Gasteiger partial charge in [0.1, 0.15) is 11.9 Å². The van der Waals surface area contributed by atoms with E-state index in [4.69, 9.17) is 0 Å². The van der Waals surface area contributed by atoms with Crippen molar-refractivity contribution in [2.45, 2.75) is 26.1 Å². The van der Waals surface area contributed by atoms with Crippen molar-refractivity contribution >= 4 is 21.9 Å². The van der Waals surface area contributed by atoms with Crippen molar-refractivity contribution in [2.24, 2.45) is 0 Å². The van der Waals surface area contributed by atoms with Crippen molar-refractivity contribution in [3.05, 3.63) is 33.5 Å². The average molecular weight is 321 g/mol. The molecule has 1 aromatic rings. The van der Waals surface area contributed by atoms with Crippen LogP contribution >= 0.6 is 15.9 Å². The summed E-state index contributed by atoms with van der Waals surface area (Å²) in [5.74, 6) is -1.69. The number of carbonyl (C=O) groups is 1. The monoisotopic (exact) mass is 320 g/mol. The van der Waals surface area contributed by atoms with Crippen LogP contribution in [0, 0.1) is 12.7 Å². The number of aliphatic hydroxyl groups excluding tert-OH is 2. The predicted octanol–water partition coefficient (Wildman–Crippen LogP) is 1.85. The van der Waals surface area contributed by atoms with Crippen LogP contribution in [0.25, 0.3) is 0 Å². The van der Waals surface area contributed by atoms with Crippen LogP contribution in [0.15, 0.2) is 16.6 Å². The third-order valence-electron chi connectivity index (χ3n) is 2.44. The first-order chi connectivity index (χ1) is 8.40. The highest BCUT2D eigenvalue weighted by Gasteiger charge is 2.30. The Kier molecular flexibility index (Phi) is 5.25. The maximum absolute atomic E-state index is 13.6. The van der Waals surface area contributed by atoms with E-state index in [1.807, 2.05) is 0 Å². The lowest BCUT2D eigenvalue weighted by Crippen LogP contribution is -2.30. The van der Waals surface area contributed by atoms with Gasteiger partial charge < -0.3 is 14.9 Å². The minimum Gasteiger partial charge on any atom is -0.464 e. The van der Waals surface area contributed by atoms with Crippen molar-refractivity contribution in [3.8, 4) is 0 Å². The molecule has 0 saturated carbocycles. The number of hydrogen-bond donors (Lipinski definition) is 2. The van der Waals surface area contributed by atoms with Crippen LogP contribution in [0.3, 0.4) is 0 Å². The van der Waals surface area contributed by atoms with Gasteiger partial charge in [0.05, 0.1) is 6.61 Å². The van der Waals surface area contributed by atoms with E-state index in [1.54, 1.807) is 13.8 Å². The van der Waals surface area contributed by atoms with Crippen LogP contribution in [0.4, 0.5) is 4.39 Å². The number of hydrogen-bond acceptors (Lipinski definition) is 4. The number of aliphatic hydroxyl groups is 2. The van der Waals surface area contributed by atoms with Gasteiger partial charge in [0, 0.05) is 10.0 Å². The summed E-state index contributed by atoms with van der Waals surface area (Å²) in [5, 5.41) is 19.4. The van der Waals surface area contributed by atoms with Crippen molar-refractivity contribution in [1.29, 1.82) is 0 Å². The molecule has 2 unspecified atom stereocenters. The van der Waals surface area contributed by atoms with Gasteiger partial charge in [-0.1, -0.05) is 22.0 Å². The maximum atomic E-state index is 13.6. The number of benzene rings is 1. The first-order valence-electron chi connectivity index (χ1n) is 5.37. The van der Waals surface area contributed by atoms with Crippen molar-refractivity contribution in [3.63, 3.8) is 0 Å². The lowest BCUT2D eigenvalue weighted by atomic mass is 10.0. The molecule has 0 aliphatic carbocycles. The van der Waals surface area contributed by atoms with Crippen LogP contribution in [0.2, 0.25) is 0 Å². The van der Waals surface area contributed by atoms with E-state index in [0.29, 0.717) is 10.0 Å². The van der Waals surface area contributed by atoms with E-state index in [-0.39, 0.29) is 12.2 Å². The van der Waals surface area contributed by atoms with Gasteiger partial charge in [-0.3, -0.25) is 0 Å². The van der Waals surface area contributed by atoms with Gasteiger partial charge in [-0.05, 0) is 25.5 Å². The van der Waals surface area contributed by atoms with E-state index < -0.39 is 24.0 Å².